The minimum absolute atomic E-state index is 0.535. The van der Waals surface area contributed by atoms with Crippen molar-refractivity contribution < 1.29 is 14.3 Å². The van der Waals surface area contributed by atoms with E-state index in [-0.39, 0.29) is 0 Å². The van der Waals surface area contributed by atoms with Crippen LogP contribution >= 0.6 is 0 Å². The molecule has 0 fully saturated rings. The first-order valence-electron chi connectivity index (χ1n) is 4.91. The van der Waals surface area contributed by atoms with Crippen molar-refractivity contribution in [2.45, 2.75) is 13.3 Å². The standard InChI is InChI=1S/C11H13NO3/c1-3-8-4-5-9-11(10(8)15-12-2)14-7-6-13-9/h4-5H,2-3,6-7H2,1H3. The first-order valence-corrected chi connectivity index (χ1v) is 4.91. The Hall–Kier alpha value is -1.71. The average Bonchev–Trinajstić information content (AvgIpc) is 2.30. The quantitative estimate of drug-likeness (QED) is 0.562. The highest BCUT2D eigenvalue weighted by Gasteiger charge is 2.20. The largest absolute Gasteiger partial charge is 0.486 e. The van der Waals surface area contributed by atoms with Gasteiger partial charge in [0.1, 0.15) is 13.2 Å². The molecule has 0 aromatic heterocycles. The monoisotopic (exact) mass is 207 g/mol. The molecule has 0 spiro atoms. The Morgan fingerprint density at radius 3 is 2.93 bits per heavy atom. The third-order valence-corrected chi connectivity index (χ3v) is 2.28. The molecule has 1 aliphatic rings. The van der Waals surface area contributed by atoms with Crippen LogP contribution in [0, 0.1) is 0 Å². The Kier molecular flexibility index (Phi) is 2.76. The number of ether oxygens (including phenoxy) is 2. The van der Waals surface area contributed by atoms with E-state index in [1.165, 1.54) is 0 Å². The van der Waals surface area contributed by atoms with Crippen LogP contribution in [0.3, 0.4) is 0 Å². The number of hydrogen-bond acceptors (Lipinski definition) is 4. The lowest BCUT2D eigenvalue weighted by Crippen LogP contribution is -2.16. The maximum absolute atomic E-state index is 5.51. The summed E-state index contributed by atoms with van der Waals surface area (Å²) in [6.07, 6.45) is 0.849. The summed E-state index contributed by atoms with van der Waals surface area (Å²) in [6.45, 7) is 6.46. The van der Waals surface area contributed by atoms with Gasteiger partial charge in [0.15, 0.2) is 5.75 Å². The Labute approximate surface area is 88.4 Å². The minimum Gasteiger partial charge on any atom is -0.486 e. The molecule has 2 rings (SSSR count). The highest BCUT2D eigenvalue weighted by molar-refractivity contribution is 5.56. The van der Waals surface area contributed by atoms with E-state index < -0.39 is 0 Å². The molecule has 1 aliphatic heterocycles. The molecule has 1 aromatic rings. The molecule has 0 amide bonds. The lowest BCUT2D eigenvalue weighted by atomic mass is 10.1. The van der Waals surface area contributed by atoms with Crippen LogP contribution in [0.1, 0.15) is 12.5 Å². The van der Waals surface area contributed by atoms with E-state index in [9.17, 15) is 0 Å². The number of hydrogen-bond donors (Lipinski definition) is 0. The number of aryl methyl sites for hydroxylation is 1. The maximum atomic E-state index is 5.51. The summed E-state index contributed by atoms with van der Waals surface area (Å²) in [6, 6.07) is 3.84. The van der Waals surface area contributed by atoms with Crippen LogP contribution in [-0.2, 0) is 6.42 Å². The van der Waals surface area contributed by atoms with Crippen molar-refractivity contribution in [3.8, 4) is 17.2 Å². The van der Waals surface area contributed by atoms with Crippen molar-refractivity contribution >= 4 is 6.72 Å². The van der Waals surface area contributed by atoms with Crippen LogP contribution in [0.15, 0.2) is 17.3 Å². The molecule has 0 aliphatic carbocycles. The summed E-state index contributed by atoms with van der Waals surface area (Å²) in [4.78, 5) is 5.14. The van der Waals surface area contributed by atoms with Gasteiger partial charge in [-0.1, -0.05) is 18.1 Å². The molecule has 0 saturated heterocycles. The van der Waals surface area contributed by atoms with E-state index in [0.29, 0.717) is 30.5 Å². The maximum Gasteiger partial charge on any atom is 0.207 e. The Balaban J connectivity index is 2.48. The average molecular weight is 207 g/mol. The molecular weight excluding hydrogens is 194 g/mol. The molecular formula is C11H13NO3. The van der Waals surface area contributed by atoms with Gasteiger partial charge in [0.05, 0.1) is 0 Å². The molecule has 80 valence electrons. The zero-order valence-electron chi connectivity index (χ0n) is 8.66. The van der Waals surface area contributed by atoms with Gasteiger partial charge in [0, 0.05) is 12.3 Å². The molecule has 1 aromatic carbocycles. The van der Waals surface area contributed by atoms with Crippen molar-refractivity contribution in [2.24, 2.45) is 5.16 Å². The van der Waals surface area contributed by atoms with Crippen molar-refractivity contribution in [3.05, 3.63) is 17.7 Å². The number of rotatable bonds is 3. The lowest BCUT2D eigenvalue weighted by molar-refractivity contribution is 0.162. The number of oxime groups is 1. The predicted octanol–water partition coefficient (Wildman–Crippen LogP) is 2.01. The zero-order chi connectivity index (χ0) is 10.7. The molecule has 0 atom stereocenters. The summed E-state index contributed by atoms with van der Waals surface area (Å²) in [5.74, 6) is 1.95. The van der Waals surface area contributed by atoms with E-state index >= 15 is 0 Å². The van der Waals surface area contributed by atoms with Crippen LogP contribution < -0.4 is 14.3 Å². The van der Waals surface area contributed by atoms with Gasteiger partial charge in [0.2, 0.25) is 11.5 Å². The zero-order valence-corrected chi connectivity index (χ0v) is 8.66. The van der Waals surface area contributed by atoms with Crippen molar-refractivity contribution in [2.75, 3.05) is 13.2 Å². The van der Waals surface area contributed by atoms with Gasteiger partial charge in [-0.05, 0) is 12.5 Å². The molecule has 0 unspecified atom stereocenters. The highest BCUT2D eigenvalue weighted by atomic mass is 16.6. The topological polar surface area (TPSA) is 40.0 Å². The van der Waals surface area contributed by atoms with E-state index in [0.717, 1.165) is 12.0 Å². The Morgan fingerprint density at radius 2 is 2.20 bits per heavy atom. The second-order valence-corrected chi connectivity index (χ2v) is 3.15. The SMILES string of the molecule is C=NOc1c(CC)ccc2c1OCCO2. The fourth-order valence-corrected chi connectivity index (χ4v) is 1.57. The summed E-state index contributed by atoms with van der Waals surface area (Å²) < 4.78 is 11.0. The molecule has 0 radical (unpaired) electrons. The number of fused-ring (bicyclic) bond motifs is 1. The van der Waals surface area contributed by atoms with Crippen molar-refractivity contribution in [1.29, 1.82) is 0 Å². The number of nitrogens with zero attached hydrogens (tertiary/aromatic N) is 1. The normalized spacial score (nSPS) is 13.4. The third kappa shape index (κ3) is 1.75. The van der Waals surface area contributed by atoms with Gasteiger partial charge >= 0.3 is 0 Å². The van der Waals surface area contributed by atoms with E-state index in [4.69, 9.17) is 14.3 Å². The minimum atomic E-state index is 0.535. The molecule has 1 heterocycles. The van der Waals surface area contributed by atoms with Crippen LogP contribution in [0.5, 0.6) is 17.2 Å². The first-order chi connectivity index (χ1) is 7.36. The summed E-state index contributed by atoms with van der Waals surface area (Å²) in [5, 5.41) is 3.44. The molecule has 4 nitrogen and oxygen atoms in total. The summed E-state index contributed by atoms with van der Waals surface area (Å²) >= 11 is 0. The second kappa shape index (κ2) is 4.21. The van der Waals surface area contributed by atoms with Gasteiger partial charge in [0.25, 0.3) is 0 Å². The van der Waals surface area contributed by atoms with Gasteiger partial charge in [-0.15, -0.1) is 0 Å². The van der Waals surface area contributed by atoms with Gasteiger partial charge in [-0.3, -0.25) is 0 Å². The Bertz CT molecular complexity index is 376. The van der Waals surface area contributed by atoms with Crippen LogP contribution in [0.2, 0.25) is 0 Å². The molecule has 0 N–H and O–H groups in total. The van der Waals surface area contributed by atoms with Gasteiger partial charge in [-0.2, -0.15) is 0 Å². The van der Waals surface area contributed by atoms with E-state index in [1.807, 2.05) is 19.1 Å². The molecule has 4 heteroatoms. The molecule has 0 saturated carbocycles. The van der Waals surface area contributed by atoms with Crippen molar-refractivity contribution in [3.63, 3.8) is 0 Å². The molecule has 0 bridgehead atoms. The third-order valence-electron chi connectivity index (χ3n) is 2.28. The first kappa shape index (κ1) is 9.83. The smallest absolute Gasteiger partial charge is 0.207 e. The highest BCUT2D eigenvalue weighted by Crippen LogP contribution is 2.42. The van der Waals surface area contributed by atoms with Crippen LogP contribution in [-0.4, -0.2) is 19.9 Å². The fourth-order valence-electron chi connectivity index (χ4n) is 1.57. The van der Waals surface area contributed by atoms with Crippen LogP contribution in [0.25, 0.3) is 0 Å². The summed E-state index contributed by atoms with van der Waals surface area (Å²) in [7, 11) is 0. The van der Waals surface area contributed by atoms with Gasteiger partial charge in [-0.25, -0.2) is 0 Å². The lowest BCUT2D eigenvalue weighted by Gasteiger charge is -2.21. The van der Waals surface area contributed by atoms with Crippen LogP contribution in [0.4, 0.5) is 0 Å². The second-order valence-electron chi connectivity index (χ2n) is 3.15. The van der Waals surface area contributed by atoms with E-state index in [1.54, 1.807) is 0 Å². The van der Waals surface area contributed by atoms with Gasteiger partial charge < -0.3 is 14.3 Å². The number of benzene rings is 1. The summed E-state index contributed by atoms with van der Waals surface area (Å²) in [5.41, 5.74) is 1.03. The van der Waals surface area contributed by atoms with E-state index in [2.05, 4.69) is 11.9 Å². The van der Waals surface area contributed by atoms with Crippen molar-refractivity contribution in [1.82, 2.24) is 0 Å². The fraction of sp³-hybridized carbons (Fsp3) is 0.364. The molecule has 15 heavy (non-hydrogen) atoms. The Morgan fingerprint density at radius 1 is 1.40 bits per heavy atom. The predicted molar refractivity (Wildman–Crippen MR) is 57.0 cm³/mol.